The topological polar surface area (TPSA) is 12.0 Å². The highest BCUT2D eigenvalue weighted by Gasteiger charge is 2.26. The minimum atomic E-state index is -0.970. The van der Waals surface area contributed by atoms with Crippen molar-refractivity contribution in [3.63, 3.8) is 0 Å². The summed E-state index contributed by atoms with van der Waals surface area (Å²) in [5.41, 5.74) is 0.213. The summed E-state index contributed by atoms with van der Waals surface area (Å²) in [6.45, 7) is 0.209. The highest BCUT2D eigenvalue weighted by atomic mass is 19.1. The van der Waals surface area contributed by atoms with Crippen molar-refractivity contribution in [2.24, 2.45) is 0 Å². The summed E-state index contributed by atoms with van der Waals surface area (Å²) in [5, 5.41) is 2.81. The molecule has 1 aromatic carbocycles. The fourth-order valence-electron chi connectivity index (χ4n) is 1.71. The van der Waals surface area contributed by atoms with Crippen LogP contribution >= 0.6 is 0 Å². The first-order valence-electron chi connectivity index (χ1n) is 4.49. The third kappa shape index (κ3) is 1.75. The number of halogens is 3. The van der Waals surface area contributed by atoms with Gasteiger partial charge in [-0.2, -0.15) is 0 Å². The number of alkyl halides is 1. The summed E-state index contributed by atoms with van der Waals surface area (Å²) in [6, 6.07) is 2.84. The zero-order chi connectivity index (χ0) is 10.1. The Bertz CT molecular complexity index is 340. The Kier molecular flexibility index (Phi) is 2.46. The van der Waals surface area contributed by atoms with E-state index in [1.165, 1.54) is 0 Å². The predicted molar refractivity (Wildman–Crippen MR) is 46.6 cm³/mol. The SMILES string of the molecule is Fc1ccc(F)c(C2CC(F)CN2)c1. The third-order valence-electron chi connectivity index (χ3n) is 2.41. The molecular formula is C10H10F3N. The average Bonchev–Trinajstić information content (AvgIpc) is 2.56. The highest BCUT2D eigenvalue weighted by molar-refractivity contribution is 5.23. The van der Waals surface area contributed by atoms with Gasteiger partial charge in [-0.1, -0.05) is 0 Å². The molecule has 0 saturated carbocycles. The van der Waals surface area contributed by atoms with E-state index in [9.17, 15) is 13.2 Å². The van der Waals surface area contributed by atoms with Gasteiger partial charge in [-0.05, 0) is 24.6 Å². The molecule has 0 bridgehead atoms. The summed E-state index contributed by atoms with van der Waals surface area (Å²) in [6.07, 6.45) is -0.761. The molecule has 0 aliphatic carbocycles. The van der Waals surface area contributed by atoms with Crippen molar-refractivity contribution in [2.75, 3.05) is 6.54 Å². The Labute approximate surface area is 79.9 Å². The first kappa shape index (κ1) is 9.52. The average molecular weight is 201 g/mol. The van der Waals surface area contributed by atoms with Gasteiger partial charge < -0.3 is 5.32 Å². The summed E-state index contributed by atoms with van der Waals surface area (Å²) in [5.74, 6) is -0.983. The Morgan fingerprint density at radius 1 is 1.29 bits per heavy atom. The lowest BCUT2D eigenvalue weighted by atomic mass is 10.0. The molecule has 0 radical (unpaired) electrons. The minimum absolute atomic E-state index is 0.209. The normalized spacial score (nSPS) is 26.8. The van der Waals surface area contributed by atoms with Crippen LogP contribution in [-0.4, -0.2) is 12.7 Å². The summed E-state index contributed by atoms with van der Waals surface area (Å²) < 4.78 is 38.8. The summed E-state index contributed by atoms with van der Waals surface area (Å²) in [4.78, 5) is 0. The van der Waals surface area contributed by atoms with E-state index < -0.39 is 23.8 Å². The third-order valence-corrected chi connectivity index (χ3v) is 2.41. The molecule has 2 atom stereocenters. The van der Waals surface area contributed by atoms with Crippen molar-refractivity contribution in [1.82, 2.24) is 5.32 Å². The van der Waals surface area contributed by atoms with Crippen molar-refractivity contribution in [3.05, 3.63) is 35.4 Å². The fourth-order valence-corrected chi connectivity index (χ4v) is 1.71. The Morgan fingerprint density at radius 2 is 2.07 bits per heavy atom. The van der Waals surface area contributed by atoms with Crippen LogP contribution in [0.4, 0.5) is 13.2 Å². The van der Waals surface area contributed by atoms with Gasteiger partial charge in [-0.3, -0.25) is 0 Å². The maximum absolute atomic E-state index is 13.2. The van der Waals surface area contributed by atoms with E-state index in [0.29, 0.717) is 0 Å². The van der Waals surface area contributed by atoms with Gasteiger partial charge in [0.05, 0.1) is 0 Å². The van der Waals surface area contributed by atoms with Gasteiger partial charge in [-0.25, -0.2) is 13.2 Å². The lowest BCUT2D eigenvalue weighted by molar-refractivity contribution is 0.355. The summed E-state index contributed by atoms with van der Waals surface area (Å²) in [7, 11) is 0. The Balaban J connectivity index is 2.27. The smallest absolute Gasteiger partial charge is 0.128 e. The van der Waals surface area contributed by atoms with Gasteiger partial charge in [-0.15, -0.1) is 0 Å². The zero-order valence-corrected chi connectivity index (χ0v) is 7.43. The van der Waals surface area contributed by atoms with Gasteiger partial charge in [0.2, 0.25) is 0 Å². The van der Waals surface area contributed by atoms with Gasteiger partial charge in [0, 0.05) is 18.2 Å². The number of hydrogen-bond acceptors (Lipinski definition) is 1. The van der Waals surface area contributed by atoms with Crippen LogP contribution in [-0.2, 0) is 0 Å². The van der Waals surface area contributed by atoms with Crippen LogP contribution < -0.4 is 5.32 Å². The lowest BCUT2D eigenvalue weighted by Crippen LogP contribution is -2.15. The minimum Gasteiger partial charge on any atom is -0.307 e. The van der Waals surface area contributed by atoms with E-state index >= 15 is 0 Å². The van der Waals surface area contributed by atoms with Crippen molar-refractivity contribution in [2.45, 2.75) is 18.6 Å². The van der Waals surface area contributed by atoms with E-state index in [4.69, 9.17) is 0 Å². The fraction of sp³-hybridized carbons (Fsp3) is 0.400. The van der Waals surface area contributed by atoms with Crippen LogP contribution in [0.15, 0.2) is 18.2 Å². The lowest BCUT2D eigenvalue weighted by Gasteiger charge is -2.10. The Hall–Kier alpha value is -1.03. The maximum atomic E-state index is 13.2. The van der Waals surface area contributed by atoms with E-state index in [0.717, 1.165) is 18.2 Å². The predicted octanol–water partition coefficient (Wildman–Crippen LogP) is 2.34. The Morgan fingerprint density at radius 3 is 2.71 bits per heavy atom. The first-order valence-corrected chi connectivity index (χ1v) is 4.49. The van der Waals surface area contributed by atoms with Gasteiger partial charge in [0.15, 0.2) is 0 Å². The van der Waals surface area contributed by atoms with Crippen molar-refractivity contribution >= 4 is 0 Å². The molecular weight excluding hydrogens is 191 g/mol. The molecule has 2 rings (SSSR count). The van der Waals surface area contributed by atoms with Crippen LogP contribution in [0.3, 0.4) is 0 Å². The molecule has 1 heterocycles. The van der Waals surface area contributed by atoms with Crippen LogP contribution in [0.5, 0.6) is 0 Å². The molecule has 0 spiro atoms. The monoisotopic (exact) mass is 201 g/mol. The van der Waals surface area contributed by atoms with E-state index in [-0.39, 0.29) is 18.5 Å². The molecule has 1 nitrogen and oxygen atoms in total. The van der Waals surface area contributed by atoms with Crippen LogP contribution in [0, 0.1) is 11.6 Å². The molecule has 0 amide bonds. The van der Waals surface area contributed by atoms with Crippen LogP contribution in [0.1, 0.15) is 18.0 Å². The second-order valence-electron chi connectivity index (χ2n) is 3.46. The van der Waals surface area contributed by atoms with Gasteiger partial charge >= 0.3 is 0 Å². The molecule has 76 valence electrons. The van der Waals surface area contributed by atoms with Crippen LogP contribution in [0.25, 0.3) is 0 Å². The molecule has 0 aromatic heterocycles. The number of benzene rings is 1. The number of nitrogens with one attached hydrogen (secondary N) is 1. The van der Waals surface area contributed by atoms with Crippen LogP contribution in [0.2, 0.25) is 0 Å². The largest absolute Gasteiger partial charge is 0.307 e. The molecule has 2 unspecified atom stereocenters. The first-order chi connectivity index (χ1) is 6.66. The maximum Gasteiger partial charge on any atom is 0.128 e. The van der Waals surface area contributed by atoms with Crippen molar-refractivity contribution in [3.8, 4) is 0 Å². The zero-order valence-electron chi connectivity index (χ0n) is 7.43. The quantitative estimate of drug-likeness (QED) is 0.735. The molecule has 4 heteroatoms. The standard InChI is InChI=1S/C10H10F3N/c11-6-1-2-9(13)8(3-6)10-4-7(12)5-14-10/h1-3,7,10,14H,4-5H2. The molecule has 14 heavy (non-hydrogen) atoms. The van der Waals surface area contributed by atoms with Gasteiger partial charge in [0.1, 0.15) is 17.8 Å². The molecule has 1 aliphatic heterocycles. The molecule has 1 saturated heterocycles. The van der Waals surface area contributed by atoms with E-state index in [1.54, 1.807) is 0 Å². The van der Waals surface area contributed by atoms with E-state index in [2.05, 4.69) is 5.32 Å². The van der Waals surface area contributed by atoms with Crippen molar-refractivity contribution in [1.29, 1.82) is 0 Å². The molecule has 1 fully saturated rings. The van der Waals surface area contributed by atoms with Gasteiger partial charge in [0.25, 0.3) is 0 Å². The van der Waals surface area contributed by atoms with Crippen molar-refractivity contribution < 1.29 is 13.2 Å². The summed E-state index contributed by atoms with van der Waals surface area (Å²) >= 11 is 0. The molecule has 1 aliphatic rings. The second-order valence-corrected chi connectivity index (χ2v) is 3.46. The highest BCUT2D eigenvalue weighted by Crippen LogP contribution is 2.27. The second kappa shape index (κ2) is 3.61. The molecule has 1 aromatic rings. The number of rotatable bonds is 1. The molecule has 1 N–H and O–H groups in total. The number of hydrogen-bond donors (Lipinski definition) is 1. The van der Waals surface area contributed by atoms with E-state index in [1.807, 2.05) is 0 Å².